The predicted octanol–water partition coefficient (Wildman–Crippen LogP) is 3.68. The highest BCUT2D eigenvalue weighted by Crippen LogP contribution is 2.44. The highest BCUT2D eigenvalue weighted by molar-refractivity contribution is 5.90. The number of piperidine rings is 1. The van der Waals surface area contributed by atoms with Crippen LogP contribution in [0.5, 0.6) is 0 Å². The van der Waals surface area contributed by atoms with Crippen LogP contribution >= 0.6 is 0 Å². The van der Waals surface area contributed by atoms with E-state index in [0.717, 1.165) is 48.9 Å². The lowest BCUT2D eigenvalue weighted by molar-refractivity contribution is -0.142. The zero-order valence-electron chi connectivity index (χ0n) is 18.0. The number of amides is 1. The van der Waals surface area contributed by atoms with E-state index in [1.807, 2.05) is 11.0 Å². The zero-order chi connectivity index (χ0) is 20.6. The number of hydrogen-bond donors (Lipinski definition) is 1. The number of benzene rings is 1. The fourth-order valence-corrected chi connectivity index (χ4v) is 6.08. The average Bonchev–Trinajstić information content (AvgIpc) is 2.72. The average molecular weight is 402 g/mol. The Morgan fingerprint density at radius 3 is 2.48 bits per heavy atom. The Hall–Kier alpha value is -1.46. The largest absolute Gasteiger partial charge is 0.336 e. The fourth-order valence-electron chi connectivity index (χ4n) is 6.08. The van der Waals surface area contributed by atoms with Crippen molar-refractivity contribution < 1.29 is 9.18 Å². The molecule has 1 spiro atoms. The number of hydrogen-bond acceptors (Lipinski definition) is 3. The molecule has 3 aliphatic rings. The van der Waals surface area contributed by atoms with Gasteiger partial charge in [-0.05, 0) is 86.7 Å². The third kappa shape index (κ3) is 3.84. The number of halogens is 1. The maximum Gasteiger partial charge on any atom is 0.233 e. The highest BCUT2D eigenvalue weighted by atomic mass is 19.1. The van der Waals surface area contributed by atoms with Gasteiger partial charge >= 0.3 is 0 Å². The summed E-state index contributed by atoms with van der Waals surface area (Å²) in [5, 5.41) is 0. The number of carbonyl (C=O) groups is 1. The minimum absolute atomic E-state index is 0.199. The van der Waals surface area contributed by atoms with Crippen molar-refractivity contribution in [3.05, 3.63) is 35.1 Å². The van der Waals surface area contributed by atoms with Crippen LogP contribution < -0.4 is 5.73 Å². The lowest BCUT2D eigenvalue weighted by Crippen LogP contribution is -2.57. The number of nitrogens with two attached hydrogens (primary N) is 1. The molecule has 2 heterocycles. The van der Waals surface area contributed by atoms with Crippen LogP contribution in [-0.2, 0) is 16.8 Å². The number of carbonyl (C=O) groups excluding carboxylic acids is 1. The van der Waals surface area contributed by atoms with E-state index in [4.69, 9.17) is 5.73 Å². The molecule has 2 N–H and O–H groups in total. The van der Waals surface area contributed by atoms with E-state index < -0.39 is 5.41 Å². The van der Waals surface area contributed by atoms with Gasteiger partial charge in [0, 0.05) is 25.7 Å². The Kier molecular flexibility index (Phi) is 5.99. The van der Waals surface area contributed by atoms with Crippen molar-refractivity contribution >= 4 is 5.91 Å². The summed E-state index contributed by atoms with van der Waals surface area (Å²) < 4.78 is 13.9. The van der Waals surface area contributed by atoms with E-state index in [2.05, 4.69) is 18.7 Å². The Morgan fingerprint density at radius 1 is 1.17 bits per heavy atom. The first-order valence-corrected chi connectivity index (χ1v) is 11.5. The summed E-state index contributed by atoms with van der Waals surface area (Å²) in [6.07, 6.45) is 6.88. The Morgan fingerprint density at radius 2 is 1.86 bits per heavy atom. The Bertz CT molecular complexity index is 734. The van der Waals surface area contributed by atoms with E-state index in [0.29, 0.717) is 25.7 Å². The summed E-state index contributed by atoms with van der Waals surface area (Å²) in [6, 6.07) is 5.67. The van der Waals surface area contributed by atoms with Crippen LogP contribution in [0.25, 0.3) is 0 Å². The van der Waals surface area contributed by atoms with Crippen LogP contribution in [0.3, 0.4) is 0 Å². The van der Waals surface area contributed by atoms with Gasteiger partial charge in [0.2, 0.25) is 5.91 Å². The third-order valence-electron chi connectivity index (χ3n) is 7.89. The smallest absolute Gasteiger partial charge is 0.233 e. The van der Waals surface area contributed by atoms with E-state index in [1.54, 1.807) is 6.07 Å². The summed E-state index contributed by atoms with van der Waals surface area (Å²) in [4.78, 5) is 18.0. The summed E-state index contributed by atoms with van der Waals surface area (Å²) in [6.45, 7) is 8.06. The van der Waals surface area contributed by atoms with Crippen LogP contribution in [0.4, 0.5) is 4.39 Å². The van der Waals surface area contributed by atoms with Gasteiger partial charge < -0.3 is 15.5 Å². The van der Waals surface area contributed by atoms with Crippen LogP contribution in [0.15, 0.2) is 18.2 Å². The molecule has 160 valence electrons. The predicted molar refractivity (Wildman–Crippen MR) is 114 cm³/mol. The second kappa shape index (κ2) is 8.35. The molecule has 1 aromatic carbocycles. The molecule has 1 amide bonds. The van der Waals surface area contributed by atoms with Gasteiger partial charge in [-0.1, -0.05) is 19.9 Å². The second-order valence-electron chi connectivity index (χ2n) is 9.75. The molecule has 0 aromatic heterocycles. The molecule has 1 saturated carbocycles. The van der Waals surface area contributed by atoms with E-state index in [-0.39, 0.29) is 11.7 Å². The molecule has 4 rings (SSSR count). The number of fused-ring (bicyclic) bond motifs is 2. The maximum absolute atomic E-state index is 13.9. The van der Waals surface area contributed by atoms with Gasteiger partial charge in [-0.2, -0.15) is 0 Å². The molecular weight excluding hydrogens is 365 g/mol. The molecule has 4 nitrogen and oxygen atoms in total. The van der Waals surface area contributed by atoms with Crippen molar-refractivity contribution in [2.45, 2.75) is 70.4 Å². The lowest BCUT2D eigenvalue weighted by Gasteiger charge is -2.49. The summed E-state index contributed by atoms with van der Waals surface area (Å²) >= 11 is 0. The summed E-state index contributed by atoms with van der Waals surface area (Å²) in [7, 11) is 0. The van der Waals surface area contributed by atoms with Crippen LogP contribution in [0.1, 0.15) is 63.5 Å². The van der Waals surface area contributed by atoms with Crippen LogP contribution in [-0.4, -0.2) is 47.9 Å². The van der Waals surface area contributed by atoms with Gasteiger partial charge in [-0.3, -0.25) is 4.79 Å². The minimum Gasteiger partial charge on any atom is -0.336 e. The second-order valence-corrected chi connectivity index (χ2v) is 9.75. The van der Waals surface area contributed by atoms with E-state index >= 15 is 0 Å². The SMILES string of the molecule is CC(C)[C@H]1CC[C@@H](N2CCC3(CC2)C(=O)N(CCN)Cc2cc(F)ccc23)CC1. The quantitative estimate of drug-likeness (QED) is 0.837. The van der Waals surface area contributed by atoms with E-state index in [1.165, 1.54) is 31.7 Å². The molecule has 0 unspecified atom stereocenters. The van der Waals surface area contributed by atoms with Gasteiger partial charge in [-0.15, -0.1) is 0 Å². The van der Waals surface area contributed by atoms with Gasteiger partial charge in [0.15, 0.2) is 0 Å². The first-order valence-electron chi connectivity index (χ1n) is 11.5. The Balaban J connectivity index is 1.51. The molecule has 29 heavy (non-hydrogen) atoms. The van der Waals surface area contributed by atoms with Crippen molar-refractivity contribution in [1.29, 1.82) is 0 Å². The molecule has 0 bridgehead atoms. The molecule has 5 heteroatoms. The Labute approximate surface area is 174 Å². The maximum atomic E-state index is 13.9. The number of rotatable bonds is 4. The van der Waals surface area contributed by atoms with Crippen LogP contribution in [0, 0.1) is 17.7 Å². The van der Waals surface area contributed by atoms with Gasteiger partial charge in [0.25, 0.3) is 0 Å². The van der Waals surface area contributed by atoms with Crippen molar-refractivity contribution in [2.24, 2.45) is 17.6 Å². The first-order chi connectivity index (χ1) is 13.9. The normalized spacial score (nSPS) is 27.5. The van der Waals surface area contributed by atoms with Crippen molar-refractivity contribution in [3.8, 4) is 0 Å². The molecule has 2 fully saturated rings. The van der Waals surface area contributed by atoms with Crippen molar-refractivity contribution in [1.82, 2.24) is 9.80 Å². The summed E-state index contributed by atoms with van der Waals surface area (Å²) in [5.41, 5.74) is 7.29. The number of likely N-dealkylation sites (tertiary alicyclic amines) is 1. The first kappa shape index (κ1) is 20.8. The van der Waals surface area contributed by atoms with Gasteiger partial charge in [0.1, 0.15) is 5.82 Å². The molecule has 0 radical (unpaired) electrons. The van der Waals surface area contributed by atoms with Crippen molar-refractivity contribution in [3.63, 3.8) is 0 Å². The summed E-state index contributed by atoms with van der Waals surface area (Å²) in [5.74, 6) is 1.63. The molecule has 0 atom stereocenters. The van der Waals surface area contributed by atoms with Gasteiger partial charge in [0.05, 0.1) is 5.41 Å². The fraction of sp³-hybridized carbons (Fsp3) is 0.708. The van der Waals surface area contributed by atoms with Crippen molar-refractivity contribution in [2.75, 3.05) is 26.2 Å². The van der Waals surface area contributed by atoms with Crippen LogP contribution in [0.2, 0.25) is 0 Å². The zero-order valence-corrected chi connectivity index (χ0v) is 18.0. The molecular formula is C24H36FN3O. The molecule has 1 saturated heterocycles. The minimum atomic E-state index is -0.498. The third-order valence-corrected chi connectivity index (χ3v) is 7.89. The molecule has 2 aliphatic heterocycles. The van der Waals surface area contributed by atoms with E-state index in [9.17, 15) is 9.18 Å². The highest BCUT2D eigenvalue weighted by Gasteiger charge is 2.49. The lowest BCUT2D eigenvalue weighted by atomic mass is 9.67. The van der Waals surface area contributed by atoms with Gasteiger partial charge in [-0.25, -0.2) is 4.39 Å². The number of nitrogens with zero attached hydrogens (tertiary/aromatic N) is 2. The molecule has 1 aliphatic carbocycles. The molecule has 1 aromatic rings. The monoisotopic (exact) mass is 401 g/mol. The standard InChI is InChI=1S/C24H36FN3O/c1-17(2)18-3-6-21(7-4-18)27-12-9-24(10-13-27)22-8-5-20(25)15-19(22)16-28(14-11-26)23(24)29/h5,8,15,17-18,21H,3-4,6-7,9-14,16,26H2,1-2H3/t18-,21+. The topological polar surface area (TPSA) is 49.6 Å².